The number of piperidine rings is 1. The van der Waals surface area contributed by atoms with Gasteiger partial charge in [0.1, 0.15) is 10.7 Å². The van der Waals surface area contributed by atoms with Crippen LogP contribution in [0.3, 0.4) is 0 Å². The minimum atomic E-state index is -0.255. The summed E-state index contributed by atoms with van der Waals surface area (Å²) in [4.78, 5) is 20.0. The van der Waals surface area contributed by atoms with E-state index in [1.807, 2.05) is 11.7 Å². The molecular weight excluding hydrogens is 398 g/mol. The number of anilines is 3. The second-order valence-corrected chi connectivity index (χ2v) is 9.64. The van der Waals surface area contributed by atoms with Crippen molar-refractivity contribution in [2.75, 3.05) is 35.6 Å². The van der Waals surface area contributed by atoms with Crippen molar-refractivity contribution in [3.63, 3.8) is 0 Å². The van der Waals surface area contributed by atoms with Gasteiger partial charge in [0.15, 0.2) is 11.5 Å². The molecule has 2 fully saturated rings. The Labute approximate surface area is 182 Å². The number of thiazole rings is 1. The molecule has 1 aliphatic carbocycles. The highest BCUT2D eigenvalue weighted by atomic mass is 32.1. The van der Waals surface area contributed by atoms with Gasteiger partial charge in [0.25, 0.3) is 5.91 Å². The van der Waals surface area contributed by atoms with Gasteiger partial charge in [0.2, 0.25) is 0 Å². The molecule has 1 amide bonds. The summed E-state index contributed by atoms with van der Waals surface area (Å²) in [5, 5.41) is 8.90. The van der Waals surface area contributed by atoms with Crippen molar-refractivity contribution in [2.45, 2.75) is 57.3 Å². The van der Waals surface area contributed by atoms with Crippen LogP contribution in [0.5, 0.6) is 0 Å². The van der Waals surface area contributed by atoms with E-state index in [0.29, 0.717) is 28.2 Å². The van der Waals surface area contributed by atoms with Crippen LogP contribution in [0.2, 0.25) is 0 Å². The Kier molecular flexibility index (Phi) is 6.58. The molecule has 0 spiro atoms. The largest absolute Gasteiger partial charge is 0.389 e. The molecule has 2 aliphatic rings. The van der Waals surface area contributed by atoms with Crippen molar-refractivity contribution in [2.24, 2.45) is 18.7 Å². The first-order valence-electron chi connectivity index (χ1n) is 11.1. The fraction of sp³-hybridized carbons (Fsp3) is 0.667. The predicted octanol–water partition coefficient (Wildman–Crippen LogP) is 3.32. The van der Waals surface area contributed by atoms with Gasteiger partial charge in [-0.2, -0.15) is 5.10 Å². The van der Waals surface area contributed by atoms with Crippen molar-refractivity contribution in [1.29, 1.82) is 0 Å². The lowest BCUT2D eigenvalue weighted by Crippen LogP contribution is -2.37. The zero-order chi connectivity index (χ0) is 21.1. The normalized spacial score (nSPS) is 19.1. The summed E-state index contributed by atoms with van der Waals surface area (Å²) in [6.45, 7) is 2.55. The highest BCUT2D eigenvalue weighted by Crippen LogP contribution is 2.36. The summed E-state index contributed by atoms with van der Waals surface area (Å²) in [6, 6.07) is 0. The molecule has 0 bridgehead atoms. The number of rotatable bonds is 5. The summed E-state index contributed by atoms with van der Waals surface area (Å²) in [7, 11) is 1.90. The maximum Gasteiger partial charge on any atom is 0.277 e. The molecule has 0 atom stereocenters. The quantitative estimate of drug-likeness (QED) is 0.626. The van der Waals surface area contributed by atoms with E-state index in [-0.39, 0.29) is 5.91 Å². The number of aryl methyl sites for hydroxylation is 1. The average molecular weight is 432 g/mol. The second kappa shape index (κ2) is 9.34. The first-order chi connectivity index (χ1) is 14.6. The Morgan fingerprint density at radius 1 is 1.20 bits per heavy atom. The summed E-state index contributed by atoms with van der Waals surface area (Å²) < 4.78 is 1.82. The molecule has 3 heterocycles. The van der Waals surface area contributed by atoms with Crippen molar-refractivity contribution >= 4 is 33.8 Å². The van der Waals surface area contributed by atoms with E-state index < -0.39 is 0 Å². The van der Waals surface area contributed by atoms with Gasteiger partial charge in [-0.3, -0.25) is 9.48 Å². The van der Waals surface area contributed by atoms with E-state index in [1.165, 1.54) is 37.0 Å². The SMILES string of the molecule is Cn1ncc(NC(=O)c2nc(C3CCCCCC3)sc2N)c1N1CCC(CN)CC1. The van der Waals surface area contributed by atoms with Crippen molar-refractivity contribution in [1.82, 2.24) is 14.8 Å². The third-order valence-electron chi connectivity index (χ3n) is 6.49. The molecule has 1 aliphatic heterocycles. The predicted molar refractivity (Wildman–Crippen MR) is 122 cm³/mol. The van der Waals surface area contributed by atoms with Gasteiger partial charge in [0.05, 0.1) is 11.2 Å². The highest BCUT2D eigenvalue weighted by Gasteiger charge is 2.26. The van der Waals surface area contributed by atoms with Gasteiger partial charge >= 0.3 is 0 Å². The number of carbonyl (C=O) groups excluding carboxylic acids is 1. The van der Waals surface area contributed by atoms with Gasteiger partial charge in [-0.15, -0.1) is 11.3 Å². The number of nitrogen functional groups attached to an aromatic ring is 1. The van der Waals surface area contributed by atoms with Crippen molar-refractivity contribution < 1.29 is 4.79 Å². The second-order valence-electron chi connectivity index (χ2n) is 8.58. The third kappa shape index (κ3) is 4.46. The minimum Gasteiger partial charge on any atom is -0.389 e. The highest BCUT2D eigenvalue weighted by molar-refractivity contribution is 7.16. The number of amides is 1. The number of hydrogen-bond acceptors (Lipinski definition) is 7. The fourth-order valence-electron chi connectivity index (χ4n) is 4.67. The number of nitrogens with zero attached hydrogens (tertiary/aromatic N) is 4. The zero-order valence-corrected chi connectivity index (χ0v) is 18.6. The first-order valence-corrected chi connectivity index (χ1v) is 11.9. The molecule has 0 unspecified atom stereocenters. The topological polar surface area (TPSA) is 115 Å². The van der Waals surface area contributed by atoms with Gasteiger partial charge in [-0.1, -0.05) is 25.7 Å². The molecule has 164 valence electrons. The van der Waals surface area contributed by atoms with E-state index >= 15 is 0 Å². The van der Waals surface area contributed by atoms with E-state index in [0.717, 1.165) is 56.1 Å². The van der Waals surface area contributed by atoms with Gasteiger partial charge < -0.3 is 21.7 Å². The maximum atomic E-state index is 13.0. The van der Waals surface area contributed by atoms with E-state index in [2.05, 4.69) is 20.3 Å². The Bertz CT molecular complexity index is 861. The van der Waals surface area contributed by atoms with Crippen LogP contribution < -0.4 is 21.7 Å². The molecule has 9 heteroatoms. The van der Waals surface area contributed by atoms with E-state index in [4.69, 9.17) is 11.5 Å². The number of aromatic nitrogens is 3. The third-order valence-corrected chi connectivity index (χ3v) is 7.54. The lowest BCUT2D eigenvalue weighted by molar-refractivity contribution is 0.102. The number of carbonyl (C=O) groups is 1. The monoisotopic (exact) mass is 431 g/mol. The molecular formula is C21H33N7OS. The molecule has 1 saturated heterocycles. The van der Waals surface area contributed by atoms with E-state index in [1.54, 1.807) is 6.20 Å². The summed E-state index contributed by atoms with van der Waals surface area (Å²) in [6.07, 6.45) is 11.1. The van der Waals surface area contributed by atoms with Crippen LogP contribution in [-0.4, -0.2) is 40.3 Å². The summed E-state index contributed by atoms with van der Waals surface area (Å²) >= 11 is 1.47. The Balaban J connectivity index is 1.48. The smallest absolute Gasteiger partial charge is 0.277 e. The van der Waals surface area contributed by atoms with Crippen molar-refractivity contribution in [3.05, 3.63) is 16.9 Å². The number of nitrogens with one attached hydrogen (secondary N) is 1. The van der Waals surface area contributed by atoms with Crippen LogP contribution in [0.4, 0.5) is 16.5 Å². The lowest BCUT2D eigenvalue weighted by atomic mass is 9.97. The molecule has 5 N–H and O–H groups in total. The Hall–Kier alpha value is -2.13. The minimum absolute atomic E-state index is 0.255. The van der Waals surface area contributed by atoms with Crippen LogP contribution >= 0.6 is 11.3 Å². The maximum absolute atomic E-state index is 13.0. The van der Waals surface area contributed by atoms with Crippen LogP contribution in [-0.2, 0) is 7.05 Å². The van der Waals surface area contributed by atoms with Crippen LogP contribution in [0.1, 0.15) is 72.8 Å². The Morgan fingerprint density at radius 3 is 2.57 bits per heavy atom. The van der Waals surface area contributed by atoms with Gasteiger partial charge in [0, 0.05) is 26.1 Å². The lowest BCUT2D eigenvalue weighted by Gasteiger charge is -2.33. The van der Waals surface area contributed by atoms with E-state index in [9.17, 15) is 4.79 Å². The molecule has 0 aromatic carbocycles. The van der Waals surface area contributed by atoms with Gasteiger partial charge in [-0.25, -0.2) is 4.98 Å². The zero-order valence-electron chi connectivity index (χ0n) is 17.8. The molecule has 2 aromatic rings. The Morgan fingerprint density at radius 2 is 1.90 bits per heavy atom. The first kappa shape index (κ1) is 21.1. The molecule has 0 radical (unpaired) electrons. The standard InChI is InChI=1S/C21H33N7OS/c1-27-21(28-10-8-14(12-22)9-11-28)16(13-24-27)25-19(29)17-18(23)30-20(26-17)15-6-4-2-3-5-7-15/h13-15H,2-12,22-23H2,1H3,(H,25,29). The number of nitrogens with two attached hydrogens (primary N) is 2. The van der Waals surface area contributed by atoms with Crippen LogP contribution in [0, 0.1) is 5.92 Å². The number of hydrogen-bond donors (Lipinski definition) is 3. The molecule has 2 aromatic heterocycles. The summed E-state index contributed by atoms with van der Waals surface area (Å²) in [5.74, 6) is 1.68. The molecule has 8 nitrogen and oxygen atoms in total. The van der Waals surface area contributed by atoms with Crippen molar-refractivity contribution in [3.8, 4) is 0 Å². The average Bonchev–Trinajstić information content (AvgIpc) is 3.18. The molecule has 4 rings (SSSR count). The fourth-order valence-corrected chi connectivity index (χ4v) is 5.67. The summed E-state index contributed by atoms with van der Waals surface area (Å²) in [5.41, 5.74) is 13.1. The molecule has 1 saturated carbocycles. The van der Waals surface area contributed by atoms with Crippen LogP contribution in [0.15, 0.2) is 6.20 Å². The van der Waals surface area contributed by atoms with Crippen LogP contribution in [0.25, 0.3) is 0 Å². The van der Waals surface area contributed by atoms with Gasteiger partial charge in [-0.05, 0) is 38.1 Å². The molecule has 30 heavy (non-hydrogen) atoms.